The summed E-state index contributed by atoms with van der Waals surface area (Å²) in [5.74, 6) is 0.816. The summed E-state index contributed by atoms with van der Waals surface area (Å²) in [5, 5.41) is 3.22. The van der Waals surface area contributed by atoms with Gasteiger partial charge in [-0.1, -0.05) is 6.92 Å². The van der Waals surface area contributed by atoms with Crippen LogP contribution in [0.3, 0.4) is 0 Å². The Morgan fingerprint density at radius 2 is 2.50 bits per heavy atom. The average molecular weight is 198 g/mol. The van der Waals surface area contributed by atoms with Crippen LogP contribution in [0.1, 0.15) is 19.8 Å². The smallest absolute Gasteiger partial charge is 0.240 e. The van der Waals surface area contributed by atoms with Crippen LogP contribution in [-0.4, -0.2) is 43.3 Å². The second kappa shape index (κ2) is 4.28. The average Bonchev–Trinajstić information content (AvgIpc) is 2.79. The molecule has 1 N–H and O–H groups in total. The number of ether oxygens (including phenoxy) is 1. The van der Waals surface area contributed by atoms with Gasteiger partial charge in [-0.2, -0.15) is 0 Å². The Kier molecular flexibility index (Phi) is 3.03. The zero-order valence-corrected chi connectivity index (χ0v) is 8.66. The summed E-state index contributed by atoms with van der Waals surface area (Å²) < 4.78 is 5.30. The Morgan fingerprint density at radius 1 is 1.64 bits per heavy atom. The molecule has 2 rings (SSSR count). The fourth-order valence-corrected chi connectivity index (χ4v) is 2.12. The number of hydrogen-bond donors (Lipinski definition) is 1. The minimum absolute atomic E-state index is 0.0531. The molecular formula is C10H18N2O2. The van der Waals surface area contributed by atoms with E-state index >= 15 is 0 Å². The Balaban J connectivity index is 1.84. The van der Waals surface area contributed by atoms with E-state index < -0.39 is 0 Å². The van der Waals surface area contributed by atoms with Crippen molar-refractivity contribution in [2.45, 2.75) is 25.8 Å². The van der Waals surface area contributed by atoms with Gasteiger partial charge in [-0.05, 0) is 12.8 Å². The van der Waals surface area contributed by atoms with Crippen molar-refractivity contribution in [1.29, 1.82) is 0 Å². The molecule has 0 aromatic heterocycles. The van der Waals surface area contributed by atoms with Gasteiger partial charge in [0.15, 0.2) is 0 Å². The molecule has 0 aliphatic carbocycles. The first kappa shape index (κ1) is 9.93. The van der Waals surface area contributed by atoms with E-state index in [1.54, 1.807) is 0 Å². The highest BCUT2D eigenvalue weighted by Gasteiger charge is 2.31. The molecule has 0 aromatic rings. The molecule has 2 fully saturated rings. The lowest BCUT2D eigenvalue weighted by Gasteiger charge is -2.18. The maximum absolute atomic E-state index is 11.7. The van der Waals surface area contributed by atoms with Crippen LogP contribution in [0.25, 0.3) is 0 Å². The van der Waals surface area contributed by atoms with Gasteiger partial charge >= 0.3 is 0 Å². The van der Waals surface area contributed by atoms with Crippen molar-refractivity contribution in [3.63, 3.8) is 0 Å². The monoisotopic (exact) mass is 198 g/mol. The number of nitrogens with zero attached hydrogens (tertiary/aromatic N) is 1. The molecule has 14 heavy (non-hydrogen) atoms. The molecule has 0 aromatic carbocycles. The van der Waals surface area contributed by atoms with Gasteiger partial charge in [0.2, 0.25) is 5.91 Å². The highest BCUT2D eigenvalue weighted by molar-refractivity contribution is 5.83. The standard InChI is InChI=1S/C10H18N2O2/c1-2-9-10(13)12(7-11-9)5-8-3-4-14-6-8/h8-9,11H,2-7H2,1H3. The molecule has 0 bridgehead atoms. The first-order chi connectivity index (χ1) is 6.81. The summed E-state index contributed by atoms with van der Waals surface area (Å²) in [6, 6.07) is 0.0531. The van der Waals surface area contributed by atoms with E-state index in [-0.39, 0.29) is 11.9 Å². The molecule has 2 atom stereocenters. The molecule has 2 aliphatic rings. The van der Waals surface area contributed by atoms with E-state index in [4.69, 9.17) is 4.74 Å². The summed E-state index contributed by atoms with van der Waals surface area (Å²) >= 11 is 0. The van der Waals surface area contributed by atoms with E-state index in [0.717, 1.165) is 32.6 Å². The lowest BCUT2D eigenvalue weighted by molar-refractivity contribution is -0.129. The molecule has 2 heterocycles. The van der Waals surface area contributed by atoms with Gasteiger partial charge in [0, 0.05) is 19.1 Å². The van der Waals surface area contributed by atoms with Crippen LogP contribution in [-0.2, 0) is 9.53 Å². The van der Waals surface area contributed by atoms with Crippen molar-refractivity contribution in [3.05, 3.63) is 0 Å². The van der Waals surface area contributed by atoms with Gasteiger partial charge in [-0.3, -0.25) is 10.1 Å². The highest BCUT2D eigenvalue weighted by atomic mass is 16.5. The first-order valence-electron chi connectivity index (χ1n) is 5.41. The minimum Gasteiger partial charge on any atom is -0.381 e. The normalized spacial score (nSPS) is 32.9. The Labute approximate surface area is 84.6 Å². The summed E-state index contributed by atoms with van der Waals surface area (Å²) in [6.07, 6.45) is 1.98. The van der Waals surface area contributed by atoms with Crippen molar-refractivity contribution >= 4 is 5.91 Å². The zero-order chi connectivity index (χ0) is 9.97. The van der Waals surface area contributed by atoms with Crippen molar-refractivity contribution < 1.29 is 9.53 Å². The topological polar surface area (TPSA) is 41.6 Å². The maximum Gasteiger partial charge on any atom is 0.240 e. The zero-order valence-electron chi connectivity index (χ0n) is 8.66. The molecule has 4 nitrogen and oxygen atoms in total. The third-order valence-electron chi connectivity index (χ3n) is 3.05. The predicted molar refractivity (Wildman–Crippen MR) is 52.7 cm³/mol. The van der Waals surface area contributed by atoms with Crippen molar-refractivity contribution in [1.82, 2.24) is 10.2 Å². The third kappa shape index (κ3) is 1.91. The second-order valence-electron chi connectivity index (χ2n) is 4.11. The van der Waals surface area contributed by atoms with Crippen LogP contribution >= 0.6 is 0 Å². The van der Waals surface area contributed by atoms with Crippen molar-refractivity contribution in [3.8, 4) is 0 Å². The largest absolute Gasteiger partial charge is 0.381 e. The Morgan fingerprint density at radius 3 is 3.07 bits per heavy atom. The molecule has 2 unspecified atom stereocenters. The predicted octanol–water partition coefficient (Wildman–Crippen LogP) is 0.191. The molecular weight excluding hydrogens is 180 g/mol. The quantitative estimate of drug-likeness (QED) is 0.704. The van der Waals surface area contributed by atoms with Gasteiger partial charge in [-0.25, -0.2) is 0 Å². The second-order valence-corrected chi connectivity index (χ2v) is 4.11. The number of nitrogens with one attached hydrogen (secondary N) is 1. The molecule has 2 aliphatic heterocycles. The minimum atomic E-state index is 0.0531. The molecule has 4 heteroatoms. The van der Waals surface area contributed by atoms with Gasteiger partial charge in [0.05, 0.1) is 19.3 Å². The number of carbonyl (C=O) groups excluding carboxylic acids is 1. The maximum atomic E-state index is 11.7. The van der Waals surface area contributed by atoms with Crippen LogP contribution in [0.2, 0.25) is 0 Å². The van der Waals surface area contributed by atoms with Crippen LogP contribution in [0.4, 0.5) is 0 Å². The Hall–Kier alpha value is -0.610. The summed E-state index contributed by atoms with van der Waals surface area (Å²) in [4.78, 5) is 13.7. The van der Waals surface area contributed by atoms with Gasteiger partial charge in [-0.15, -0.1) is 0 Å². The van der Waals surface area contributed by atoms with Gasteiger partial charge in [0.25, 0.3) is 0 Å². The molecule has 1 amide bonds. The van der Waals surface area contributed by atoms with E-state index in [1.165, 1.54) is 0 Å². The molecule has 0 radical (unpaired) electrons. The number of hydrogen-bond acceptors (Lipinski definition) is 3. The number of rotatable bonds is 3. The van der Waals surface area contributed by atoms with Crippen LogP contribution in [0, 0.1) is 5.92 Å². The van der Waals surface area contributed by atoms with E-state index in [0.29, 0.717) is 12.6 Å². The highest BCUT2D eigenvalue weighted by Crippen LogP contribution is 2.16. The molecule has 2 saturated heterocycles. The fraction of sp³-hybridized carbons (Fsp3) is 0.900. The number of amides is 1. The van der Waals surface area contributed by atoms with Crippen molar-refractivity contribution in [2.75, 3.05) is 26.4 Å². The number of carbonyl (C=O) groups is 1. The lowest BCUT2D eigenvalue weighted by atomic mass is 10.1. The molecule has 80 valence electrons. The van der Waals surface area contributed by atoms with E-state index in [2.05, 4.69) is 5.32 Å². The fourth-order valence-electron chi connectivity index (χ4n) is 2.12. The SMILES string of the molecule is CCC1NCN(CC2CCOC2)C1=O. The van der Waals surface area contributed by atoms with E-state index in [1.807, 2.05) is 11.8 Å². The van der Waals surface area contributed by atoms with Gasteiger partial charge < -0.3 is 9.64 Å². The first-order valence-corrected chi connectivity index (χ1v) is 5.41. The van der Waals surface area contributed by atoms with Crippen LogP contribution < -0.4 is 5.32 Å². The van der Waals surface area contributed by atoms with Crippen molar-refractivity contribution in [2.24, 2.45) is 5.92 Å². The van der Waals surface area contributed by atoms with Crippen LogP contribution in [0.5, 0.6) is 0 Å². The lowest BCUT2D eigenvalue weighted by Crippen LogP contribution is -2.33. The summed E-state index contributed by atoms with van der Waals surface area (Å²) in [5.41, 5.74) is 0. The Bertz CT molecular complexity index is 214. The third-order valence-corrected chi connectivity index (χ3v) is 3.05. The molecule has 0 saturated carbocycles. The summed E-state index contributed by atoms with van der Waals surface area (Å²) in [6.45, 7) is 5.30. The van der Waals surface area contributed by atoms with E-state index in [9.17, 15) is 4.79 Å². The van der Waals surface area contributed by atoms with Gasteiger partial charge in [0.1, 0.15) is 0 Å². The molecule has 0 spiro atoms. The van der Waals surface area contributed by atoms with Crippen LogP contribution in [0.15, 0.2) is 0 Å². The summed E-state index contributed by atoms with van der Waals surface area (Å²) in [7, 11) is 0.